The van der Waals surface area contributed by atoms with Gasteiger partial charge in [0.1, 0.15) is 0 Å². The second-order valence-electron chi connectivity index (χ2n) is 7.64. The number of halogens is 2. The smallest absolute Gasteiger partial charge is 0.286 e. The SMILES string of the molecule is O=C1N=C(N2CCN(C3=NC(=O)C(=Cc4ccccc4Cl)S3)CC2)SC1=Cc1ccccc1Cl. The minimum absolute atomic E-state index is 0.252. The van der Waals surface area contributed by atoms with Crippen molar-refractivity contribution in [3.05, 3.63) is 79.5 Å². The van der Waals surface area contributed by atoms with Crippen LogP contribution < -0.4 is 0 Å². The van der Waals surface area contributed by atoms with Gasteiger partial charge in [-0.25, -0.2) is 0 Å². The van der Waals surface area contributed by atoms with Crippen LogP contribution in [-0.4, -0.2) is 58.1 Å². The fourth-order valence-electron chi connectivity index (χ4n) is 3.62. The van der Waals surface area contributed by atoms with Crippen molar-refractivity contribution in [1.29, 1.82) is 0 Å². The van der Waals surface area contributed by atoms with Crippen LogP contribution in [0.1, 0.15) is 11.1 Å². The van der Waals surface area contributed by atoms with E-state index < -0.39 is 0 Å². The maximum atomic E-state index is 12.4. The standard InChI is InChI=1S/C24H18Cl2N4O2S2/c25-17-7-3-1-5-15(17)13-19-21(31)27-23(33-19)29-9-11-30(12-10-29)24-28-22(32)20(34-24)14-16-6-2-4-8-18(16)26/h1-8,13-14H,9-12H2. The number of aliphatic imine (C=N–C) groups is 2. The Kier molecular flexibility index (Phi) is 6.83. The van der Waals surface area contributed by atoms with Crippen molar-refractivity contribution < 1.29 is 9.59 Å². The van der Waals surface area contributed by atoms with Gasteiger partial charge in [-0.05, 0) is 58.9 Å². The van der Waals surface area contributed by atoms with Crippen molar-refractivity contribution in [2.45, 2.75) is 0 Å². The zero-order valence-corrected chi connectivity index (χ0v) is 20.9. The molecule has 3 aliphatic rings. The number of rotatable bonds is 2. The van der Waals surface area contributed by atoms with Gasteiger partial charge in [0.15, 0.2) is 10.3 Å². The molecule has 0 radical (unpaired) electrons. The summed E-state index contributed by atoms with van der Waals surface area (Å²) in [6, 6.07) is 14.8. The van der Waals surface area contributed by atoms with Crippen LogP contribution in [0.2, 0.25) is 10.0 Å². The third-order valence-electron chi connectivity index (χ3n) is 5.42. The number of nitrogens with zero attached hydrogens (tertiary/aromatic N) is 4. The maximum Gasteiger partial charge on any atom is 0.286 e. The lowest BCUT2D eigenvalue weighted by Gasteiger charge is -2.35. The number of hydrogen-bond donors (Lipinski definition) is 0. The van der Waals surface area contributed by atoms with Crippen molar-refractivity contribution >= 4 is 81.0 Å². The third kappa shape index (κ3) is 4.95. The quantitative estimate of drug-likeness (QED) is 0.495. The molecule has 1 saturated heterocycles. The first-order valence-electron chi connectivity index (χ1n) is 10.5. The van der Waals surface area contributed by atoms with E-state index in [2.05, 4.69) is 19.8 Å². The summed E-state index contributed by atoms with van der Waals surface area (Å²) in [5.74, 6) is -0.504. The minimum Gasteiger partial charge on any atom is -0.347 e. The van der Waals surface area contributed by atoms with Gasteiger partial charge in [0.25, 0.3) is 11.8 Å². The molecule has 34 heavy (non-hydrogen) atoms. The lowest BCUT2D eigenvalue weighted by molar-refractivity contribution is -0.114. The topological polar surface area (TPSA) is 65.3 Å². The Labute approximate surface area is 215 Å². The molecule has 0 saturated carbocycles. The van der Waals surface area contributed by atoms with Crippen LogP contribution in [0.25, 0.3) is 12.2 Å². The predicted molar refractivity (Wildman–Crippen MR) is 142 cm³/mol. The number of thioether (sulfide) groups is 2. The highest BCUT2D eigenvalue weighted by Crippen LogP contribution is 2.34. The summed E-state index contributed by atoms with van der Waals surface area (Å²) in [6.07, 6.45) is 3.56. The van der Waals surface area contributed by atoms with Crippen molar-refractivity contribution in [1.82, 2.24) is 9.80 Å². The number of amides is 2. The Hall–Kier alpha value is -2.52. The van der Waals surface area contributed by atoms with E-state index in [0.717, 1.165) is 11.1 Å². The van der Waals surface area contributed by atoms with Gasteiger partial charge < -0.3 is 9.80 Å². The summed E-state index contributed by atoms with van der Waals surface area (Å²) < 4.78 is 0. The van der Waals surface area contributed by atoms with E-state index in [1.165, 1.54) is 23.5 Å². The molecule has 0 spiro atoms. The first kappa shape index (κ1) is 23.2. The van der Waals surface area contributed by atoms with Crippen LogP contribution in [0.4, 0.5) is 0 Å². The second kappa shape index (κ2) is 10.00. The molecule has 0 atom stereocenters. The van der Waals surface area contributed by atoms with E-state index in [1.54, 1.807) is 24.3 Å². The molecule has 3 heterocycles. The second-order valence-corrected chi connectivity index (χ2v) is 10.5. The maximum absolute atomic E-state index is 12.4. The summed E-state index contributed by atoms with van der Waals surface area (Å²) >= 11 is 15.2. The van der Waals surface area contributed by atoms with Crippen molar-refractivity contribution in [3.8, 4) is 0 Å². The van der Waals surface area contributed by atoms with E-state index in [0.29, 0.717) is 56.4 Å². The lowest BCUT2D eigenvalue weighted by atomic mass is 10.2. The van der Waals surface area contributed by atoms with E-state index in [9.17, 15) is 9.59 Å². The number of carbonyl (C=O) groups is 2. The largest absolute Gasteiger partial charge is 0.347 e. The number of carbonyl (C=O) groups excluding carboxylic acids is 2. The molecular weight excluding hydrogens is 511 g/mol. The van der Waals surface area contributed by atoms with Gasteiger partial charge in [-0.15, -0.1) is 0 Å². The Balaban J connectivity index is 1.20. The Morgan fingerprint density at radius 2 is 1.06 bits per heavy atom. The van der Waals surface area contributed by atoms with Gasteiger partial charge in [-0.2, -0.15) is 9.98 Å². The van der Waals surface area contributed by atoms with Gasteiger partial charge in [0.05, 0.1) is 9.81 Å². The monoisotopic (exact) mass is 528 g/mol. The molecule has 5 rings (SSSR count). The summed E-state index contributed by atoms with van der Waals surface area (Å²) in [4.78, 5) is 38.7. The lowest BCUT2D eigenvalue weighted by Crippen LogP contribution is -2.49. The highest BCUT2D eigenvalue weighted by molar-refractivity contribution is 8.18. The fourth-order valence-corrected chi connectivity index (χ4v) is 5.91. The highest BCUT2D eigenvalue weighted by atomic mass is 35.5. The Morgan fingerprint density at radius 3 is 1.44 bits per heavy atom. The molecule has 0 bridgehead atoms. The highest BCUT2D eigenvalue weighted by Gasteiger charge is 2.32. The minimum atomic E-state index is -0.252. The molecule has 0 unspecified atom stereocenters. The molecule has 172 valence electrons. The van der Waals surface area contributed by atoms with Gasteiger partial charge in [-0.1, -0.05) is 59.6 Å². The molecule has 10 heteroatoms. The zero-order chi connectivity index (χ0) is 23.7. The average Bonchev–Trinajstić information content (AvgIpc) is 3.39. The molecule has 6 nitrogen and oxygen atoms in total. The van der Waals surface area contributed by atoms with Crippen LogP contribution in [0, 0.1) is 0 Å². The molecule has 3 aliphatic heterocycles. The van der Waals surface area contributed by atoms with Gasteiger partial charge in [0, 0.05) is 36.2 Å². The molecular formula is C24H18Cl2N4O2S2. The van der Waals surface area contributed by atoms with E-state index in [-0.39, 0.29) is 11.8 Å². The first-order valence-corrected chi connectivity index (χ1v) is 12.9. The van der Waals surface area contributed by atoms with Crippen LogP contribution in [0.3, 0.4) is 0 Å². The number of amidine groups is 2. The molecule has 0 aromatic heterocycles. The number of benzene rings is 2. The fraction of sp³-hybridized carbons (Fsp3) is 0.167. The Bertz CT molecular complexity index is 1200. The zero-order valence-electron chi connectivity index (χ0n) is 17.8. The summed E-state index contributed by atoms with van der Waals surface area (Å²) in [7, 11) is 0. The average molecular weight is 529 g/mol. The molecule has 2 aromatic carbocycles. The molecule has 2 amide bonds. The van der Waals surface area contributed by atoms with Crippen molar-refractivity contribution in [2.24, 2.45) is 9.98 Å². The normalized spacial score (nSPS) is 21.0. The van der Waals surface area contributed by atoms with E-state index in [1.807, 2.05) is 36.4 Å². The molecule has 1 fully saturated rings. The van der Waals surface area contributed by atoms with Gasteiger partial charge in [-0.3, -0.25) is 9.59 Å². The summed E-state index contributed by atoms with van der Waals surface area (Å²) in [5.41, 5.74) is 1.59. The van der Waals surface area contributed by atoms with E-state index in [4.69, 9.17) is 23.2 Å². The van der Waals surface area contributed by atoms with E-state index >= 15 is 0 Å². The molecule has 0 aliphatic carbocycles. The van der Waals surface area contributed by atoms with Crippen LogP contribution in [0.15, 0.2) is 68.3 Å². The predicted octanol–water partition coefficient (Wildman–Crippen LogP) is 5.25. The van der Waals surface area contributed by atoms with Crippen LogP contribution in [0.5, 0.6) is 0 Å². The summed E-state index contributed by atoms with van der Waals surface area (Å²) in [6.45, 7) is 2.71. The molecule has 0 N–H and O–H groups in total. The van der Waals surface area contributed by atoms with Crippen LogP contribution in [-0.2, 0) is 9.59 Å². The first-order chi connectivity index (χ1) is 16.5. The Morgan fingerprint density at radius 1 is 0.676 bits per heavy atom. The number of piperazine rings is 1. The van der Waals surface area contributed by atoms with Crippen molar-refractivity contribution in [2.75, 3.05) is 26.2 Å². The third-order valence-corrected chi connectivity index (χ3v) is 8.20. The summed E-state index contributed by atoms with van der Waals surface area (Å²) in [5, 5.41) is 2.58. The van der Waals surface area contributed by atoms with Gasteiger partial charge in [0.2, 0.25) is 0 Å². The molecule has 2 aromatic rings. The number of hydrogen-bond acceptors (Lipinski definition) is 6. The van der Waals surface area contributed by atoms with Gasteiger partial charge >= 0.3 is 0 Å². The van der Waals surface area contributed by atoms with Crippen molar-refractivity contribution in [3.63, 3.8) is 0 Å². The van der Waals surface area contributed by atoms with Crippen LogP contribution >= 0.6 is 46.7 Å².